The number of nitrogens with one attached hydrogen (secondary N) is 2. The number of amides is 1. The number of pyridine rings is 2. The fourth-order valence-electron chi connectivity index (χ4n) is 1.56. The molecule has 6 nitrogen and oxygen atoms in total. The first-order chi connectivity index (χ1) is 10.7. The summed E-state index contributed by atoms with van der Waals surface area (Å²) in [4.78, 5) is 19.9. The van der Waals surface area contributed by atoms with E-state index in [1.54, 1.807) is 30.6 Å². The van der Waals surface area contributed by atoms with Crippen LogP contribution in [0.4, 0.5) is 5.82 Å². The number of halogens is 1. The Balaban J connectivity index is 1.97. The van der Waals surface area contributed by atoms with E-state index in [1.807, 2.05) is 12.1 Å². The summed E-state index contributed by atoms with van der Waals surface area (Å²) in [5.74, 6) is -0.0406. The van der Waals surface area contributed by atoms with E-state index < -0.39 is 5.91 Å². The average molecular weight is 314 g/mol. The van der Waals surface area contributed by atoms with Crippen LogP contribution in [0.2, 0.25) is 5.02 Å². The highest BCUT2D eigenvalue weighted by molar-refractivity contribution is 6.30. The van der Waals surface area contributed by atoms with Gasteiger partial charge in [-0.3, -0.25) is 9.78 Å². The Morgan fingerprint density at radius 2 is 2.27 bits per heavy atom. The average Bonchev–Trinajstić information content (AvgIpc) is 2.54. The van der Waals surface area contributed by atoms with E-state index in [1.165, 1.54) is 12.4 Å². The SMILES string of the molecule is N#C/C(=C/Nc1cc(Cl)ccn1)C(=O)NCc1cccnc1. The smallest absolute Gasteiger partial charge is 0.263 e. The highest BCUT2D eigenvalue weighted by Crippen LogP contribution is 2.12. The molecular formula is C15H12ClN5O. The Morgan fingerprint density at radius 1 is 1.41 bits per heavy atom. The summed E-state index contributed by atoms with van der Waals surface area (Å²) in [6.45, 7) is 0.293. The summed E-state index contributed by atoms with van der Waals surface area (Å²) in [6, 6.07) is 8.65. The van der Waals surface area contributed by atoms with Crippen molar-refractivity contribution in [2.75, 3.05) is 5.32 Å². The fourth-order valence-corrected chi connectivity index (χ4v) is 1.72. The first-order valence-electron chi connectivity index (χ1n) is 6.34. The van der Waals surface area contributed by atoms with Crippen molar-refractivity contribution in [3.63, 3.8) is 0 Å². The molecule has 2 aromatic heterocycles. The van der Waals surface area contributed by atoms with Crippen molar-refractivity contribution in [2.24, 2.45) is 0 Å². The standard InChI is InChI=1S/C15H12ClN5O/c16-13-3-5-19-14(6-13)20-10-12(7-17)15(22)21-9-11-2-1-4-18-8-11/h1-6,8,10H,9H2,(H,19,20)(H,21,22)/b12-10-. The Hall–Kier alpha value is -2.91. The predicted octanol–water partition coefficient (Wildman–Crippen LogP) is 2.27. The molecule has 0 bridgehead atoms. The van der Waals surface area contributed by atoms with Crippen LogP contribution in [0.25, 0.3) is 0 Å². The summed E-state index contributed by atoms with van der Waals surface area (Å²) in [5, 5.41) is 15.0. The first-order valence-corrected chi connectivity index (χ1v) is 6.72. The maximum atomic E-state index is 11.9. The summed E-state index contributed by atoms with van der Waals surface area (Å²) in [5.41, 5.74) is 0.781. The molecule has 0 unspecified atom stereocenters. The van der Waals surface area contributed by atoms with E-state index in [0.717, 1.165) is 5.56 Å². The van der Waals surface area contributed by atoms with E-state index in [-0.39, 0.29) is 5.57 Å². The van der Waals surface area contributed by atoms with Gasteiger partial charge in [-0.15, -0.1) is 0 Å². The molecule has 0 aromatic carbocycles. The largest absolute Gasteiger partial charge is 0.347 e. The van der Waals surface area contributed by atoms with Gasteiger partial charge in [-0.25, -0.2) is 4.98 Å². The van der Waals surface area contributed by atoms with Crippen LogP contribution < -0.4 is 10.6 Å². The Labute approximate surface area is 132 Å². The number of carbonyl (C=O) groups excluding carboxylic acids is 1. The van der Waals surface area contributed by atoms with Crippen molar-refractivity contribution in [1.82, 2.24) is 15.3 Å². The highest BCUT2D eigenvalue weighted by Gasteiger charge is 2.08. The normalized spacial score (nSPS) is 10.6. The van der Waals surface area contributed by atoms with E-state index >= 15 is 0 Å². The molecular weight excluding hydrogens is 302 g/mol. The number of carbonyl (C=O) groups is 1. The summed E-state index contributed by atoms with van der Waals surface area (Å²) < 4.78 is 0. The summed E-state index contributed by atoms with van der Waals surface area (Å²) in [6.07, 6.45) is 6.10. The van der Waals surface area contributed by atoms with Gasteiger partial charge in [0.2, 0.25) is 0 Å². The molecule has 22 heavy (non-hydrogen) atoms. The second kappa shape index (κ2) is 7.76. The lowest BCUT2D eigenvalue weighted by Crippen LogP contribution is -2.24. The van der Waals surface area contributed by atoms with Crippen molar-refractivity contribution < 1.29 is 4.79 Å². The molecule has 0 aliphatic rings. The van der Waals surface area contributed by atoms with Crippen LogP contribution in [-0.2, 0) is 11.3 Å². The molecule has 2 N–H and O–H groups in total. The molecule has 2 rings (SSSR count). The molecule has 0 saturated heterocycles. The molecule has 0 radical (unpaired) electrons. The molecule has 2 heterocycles. The number of aromatic nitrogens is 2. The third-order valence-corrected chi connectivity index (χ3v) is 2.86. The molecule has 0 spiro atoms. The predicted molar refractivity (Wildman–Crippen MR) is 82.6 cm³/mol. The number of nitrogens with zero attached hydrogens (tertiary/aromatic N) is 3. The Bertz CT molecular complexity index is 724. The molecule has 110 valence electrons. The van der Waals surface area contributed by atoms with Gasteiger partial charge in [-0.05, 0) is 23.8 Å². The van der Waals surface area contributed by atoms with Gasteiger partial charge in [-0.1, -0.05) is 17.7 Å². The molecule has 1 amide bonds. The number of hydrogen-bond donors (Lipinski definition) is 2. The van der Waals surface area contributed by atoms with Crippen LogP contribution >= 0.6 is 11.6 Å². The molecule has 0 saturated carbocycles. The van der Waals surface area contributed by atoms with Gasteiger partial charge in [0.15, 0.2) is 0 Å². The summed E-state index contributed by atoms with van der Waals surface area (Å²) in [7, 11) is 0. The van der Waals surface area contributed by atoms with E-state index in [4.69, 9.17) is 16.9 Å². The lowest BCUT2D eigenvalue weighted by atomic mass is 10.2. The number of rotatable bonds is 5. The lowest BCUT2D eigenvalue weighted by Gasteiger charge is -2.05. The minimum Gasteiger partial charge on any atom is -0.347 e. The van der Waals surface area contributed by atoms with Crippen molar-refractivity contribution in [1.29, 1.82) is 5.26 Å². The van der Waals surface area contributed by atoms with Crippen LogP contribution in [0.3, 0.4) is 0 Å². The topological polar surface area (TPSA) is 90.7 Å². The Kier molecular flexibility index (Phi) is 5.46. The van der Waals surface area contributed by atoms with Gasteiger partial charge in [-0.2, -0.15) is 5.26 Å². The number of hydrogen-bond acceptors (Lipinski definition) is 5. The van der Waals surface area contributed by atoms with Crippen LogP contribution in [0, 0.1) is 11.3 Å². The second-order valence-corrected chi connectivity index (χ2v) is 4.65. The van der Waals surface area contributed by atoms with Crippen LogP contribution in [0.5, 0.6) is 0 Å². The van der Waals surface area contributed by atoms with Gasteiger partial charge in [0.05, 0.1) is 0 Å². The van der Waals surface area contributed by atoms with Gasteiger partial charge in [0.1, 0.15) is 17.5 Å². The minimum absolute atomic E-state index is 0.0642. The zero-order valence-corrected chi connectivity index (χ0v) is 12.2. The lowest BCUT2D eigenvalue weighted by molar-refractivity contribution is -0.117. The zero-order valence-electron chi connectivity index (χ0n) is 11.5. The molecule has 0 aliphatic heterocycles. The van der Waals surface area contributed by atoms with E-state index in [9.17, 15) is 4.79 Å². The van der Waals surface area contributed by atoms with Crippen LogP contribution in [0.15, 0.2) is 54.6 Å². The maximum absolute atomic E-state index is 11.9. The van der Waals surface area contributed by atoms with E-state index in [2.05, 4.69) is 20.6 Å². The third kappa shape index (κ3) is 4.58. The second-order valence-electron chi connectivity index (χ2n) is 4.22. The first kappa shape index (κ1) is 15.5. The minimum atomic E-state index is -0.485. The van der Waals surface area contributed by atoms with Crippen molar-refractivity contribution in [3.05, 3.63) is 65.2 Å². The molecule has 7 heteroatoms. The van der Waals surface area contributed by atoms with Crippen LogP contribution in [0.1, 0.15) is 5.56 Å². The molecule has 0 atom stereocenters. The van der Waals surface area contributed by atoms with Gasteiger partial charge >= 0.3 is 0 Å². The van der Waals surface area contributed by atoms with Gasteiger partial charge in [0, 0.05) is 36.4 Å². The van der Waals surface area contributed by atoms with Gasteiger partial charge in [0.25, 0.3) is 5.91 Å². The van der Waals surface area contributed by atoms with E-state index in [0.29, 0.717) is 17.4 Å². The zero-order chi connectivity index (χ0) is 15.8. The third-order valence-electron chi connectivity index (χ3n) is 2.63. The van der Waals surface area contributed by atoms with Crippen molar-refractivity contribution in [2.45, 2.75) is 6.54 Å². The maximum Gasteiger partial charge on any atom is 0.263 e. The number of nitriles is 1. The monoisotopic (exact) mass is 313 g/mol. The molecule has 0 aliphatic carbocycles. The quantitative estimate of drug-likeness (QED) is 0.652. The fraction of sp³-hybridized carbons (Fsp3) is 0.0667. The van der Waals surface area contributed by atoms with Crippen molar-refractivity contribution in [3.8, 4) is 6.07 Å². The van der Waals surface area contributed by atoms with Crippen molar-refractivity contribution >= 4 is 23.3 Å². The number of anilines is 1. The Morgan fingerprint density at radius 3 is 2.95 bits per heavy atom. The van der Waals surface area contributed by atoms with Crippen LogP contribution in [-0.4, -0.2) is 15.9 Å². The summed E-state index contributed by atoms with van der Waals surface area (Å²) >= 11 is 5.82. The van der Waals surface area contributed by atoms with Gasteiger partial charge < -0.3 is 10.6 Å². The molecule has 2 aromatic rings. The molecule has 0 fully saturated rings. The highest BCUT2D eigenvalue weighted by atomic mass is 35.5.